The van der Waals surface area contributed by atoms with Crippen LogP contribution in [0.1, 0.15) is 56.7 Å². The van der Waals surface area contributed by atoms with Crippen LogP contribution in [0.15, 0.2) is 41.3 Å². The van der Waals surface area contributed by atoms with Gasteiger partial charge in [0, 0.05) is 17.8 Å². The van der Waals surface area contributed by atoms with Crippen LogP contribution in [0.4, 0.5) is 5.69 Å². The van der Waals surface area contributed by atoms with Crippen LogP contribution in [-0.4, -0.2) is 28.0 Å². The Hall–Kier alpha value is -2.54. The lowest BCUT2D eigenvalue weighted by molar-refractivity contribution is -0.121. The molecule has 1 amide bonds. The van der Waals surface area contributed by atoms with Crippen molar-refractivity contribution in [1.29, 1.82) is 0 Å². The number of amides is 1. The van der Waals surface area contributed by atoms with Crippen LogP contribution in [0.3, 0.4) is 0 Å². The molecule has 31 heavy (non-hydrogen) atoms. The number of carbonyl (C=O) groups is 1. The number of nitrogens with one attached hydrogen (secondary N) is 2. The van der Waals surface area contributed by atoms with Gasteiger partial charge in [0.1, 0.15) is 5.75 Å². The summed E-state index contributed by atoms with van der Waals surface area (Å²) in [7, 11) is -2.42. The number of fused-ring (bicyclic) bond motifs is 1. The molecule has 0 saturated heterocycles. The second kappa shape index (κ2) is 7.55. The first kappa shape index (κ1) is 21.7. The van der Waals surface area contributed by atoms with Crippen LogP contribution in [0.25, 0.3) is 0 Å². The Kier molecular flexibility index (Phi) is 5.28. The number of sulfonamides is 1. The number of hydrogen-bond acceptors (Lipinski definition) is 5. The number of hydrogen-bond donors (Lipinski definition) is 2. The Balaban J connectivity index is 1.68. The Labute approximate surface area is 184 Å². The van der Waals surface area contributed by atoms with Crippen LogP contribution in [0, 0.1) is 0 Å². The number of ether oxygens (including phenoxy) is 1. The summed E-state index contributed by atoms with van der Waals surface area (Å²) in [6, 6.07) is 11.0. The van der Waals surface area contributed by atoms with Gasteiger partial charge in [0.2, 0.25) is 5.91 Å². The second-order valence-electron chi connectivity index (χ2n) is 9.49. The predicted molar refractivity (Wildman–Crippen MR) is 121 cm³/mol. The van der Waals surface area contributed by atoms with E-state index in [9.17, 15) is 13.2 Å². The minimum atomic E-state index is -3.99. The van der Waals surface area contributed by atoms with Crippen LogP contribution in [-0.2, 0) is 32.1 Å². The summed E-state index contributed by atoms with van der Waals surface area (Å²) < 4.78 is 34.3. The summed E-state index contributed by atoms with van der Waals surface area (Å²) in [5.41, 5.74) is 2.41. The molecule has 2 aliphatic rings. The Bertz CT molecular complexity index is 1130. The monoisotopic (exact) mass is 442 g/mol. The molecule has 0 spiro atoms. The molecule has 1 fully saturated rings. The molecule has 0 radical (unpaired) electrons. The zero-order chi connectivity index (χ0) is 22.4. The Morgan fingerprint density at radius 1 is 1.16 bits per heavy atom. The minimum Gasteiger partial charge on any atom is -0.496 e. The minimum absolute atomic E-state index is 0.101. The van der Waals surface area contributed by atoms with E-state index in [4.69, 9.17) is 4.74 Å². The quantitative estimate of drug-likeness (QED) is 0.734. The van der Waals surface area contributed by atoms with Gasteiger partial charge >= 0.3 is 0 Å². The van der Waals surface area contributed by atoms with Gasteiger partial charge in [-0.15, -0.1) is 0 Å². The van der Waals surface area contributed by atoms with E-state index in [1.54, 1.807) is 19.2 Å². The van der Waals surface area contributed by atoms with E-state index in [0.717, 1.165) is 35.3 Å². The van der Waals surface area contributed by atoms with E-state index >= 15 is 0 Å². The van der Waals surface area contributed by atoms with Gasteiger partial charge in [-0.05, 0) is 60.4 Å². The lowest BCUT2D eigenvalue weighted by Crippen LogP contribution is -2.39. The Morgan fingerprint density at radius 2 is 1.90 bits per heavy atom. The maximum absolute atomic E-state index is 13.4. The van der Waals surface area contributed by atoms with Gasteiger partial charge in [0.05, 0.1) is 17.4 Å². The first-order valence-corrected chi connectivity index (χ1v) is 12.2. The number of benzene rings is 2. The first-order chi connectivity index (χ1) is 14.6. The number of methoxy groups -OCH3 is 1. The second-order valence-corrected chi connectivity index (χ2v) is 11.1. The number of anilines is 1. The van der Waals surface area contributed by atoms with E-state index in [2.05, 4.69) is 30.8 Å². The highest BCUT2D eigenvalue weighted by Gasteiger charge is 2.54. The molecule has 1 saturated carbocycles. The molecule has 6 nitrogen and oxygen atoms in total. The summed E-state index contributed by atoms with van der Waals surface area (Å²) in [6.45, 7) is 7.13. The maximum Gasteiger partial charge on any atom is 0.264 e. The van der Waals surface area contributed by atoms with Crippen molar-refractivity contribution in [3.8, 4) is 5.75 Å². The molecule has 1 aliphatic heterocycles. The molecule has 2 N–H and O–H groups in total. The lowest BCUT2D eigenvalue weighted by atomic mass is 9.83. The first-order valence-electron chi connectivity index (χ1n) is 10.7. The molecule has 0 aromatic heterocycles. The van der Waals surface area contributed by atoms with E-state index in [1.165, 1.54) is 0 Å². The van der Waals surface area contributed by atoms with Gasteiger partial charge < -0.3 is 10.1 Å². The lowest BCUT2D eigenvalue weighted by Gasteiger charge is -2.25. The summed E-state index contributed by atoms with van der Waals surface area (Å²) in [6.07, 6.45) is 2.70. The summed E-state index contributed by atoms with van der Waals surface area (Å²) in [5.74, 6) is 0.123. The van der Waals surface area contributed by atoms with Gasteiger partial charge in [0.25, 0.3) is 10.0 Å². The highest BCUT2D eigenvalue weighted by Crippen LogP contribution is 2.52. The van der Waals surface area contributed by atoms with Crippen molar-refractivity contribution in [3.63, 3.8) is 0 Å². The smallest absolute Gasteiger partial charge is 0.264 e. The summed E-state index contributed by atoms with van der Waals surface area (Å²) >= 11 is 0. The molecule has 166 valence electrons. The number of carbonyl (C=O) groups excluding carboxylic acids is 1. The number of rotatable bonds is 5. The molecule has 0 atom stereocenters. The van der Waals surface area contributed by atoms with Crippen LogP contribution in [0.5, 0.6) is 5.75 Å². The molecule has 1 aliphatic carbocycles. The molecule has 0 unspecified atom stereocenters. The molecule has 4 rings (SSSR count). The topological polar surface area (TPSA) is 84.5 Å². The van der Waals surface area contributed by atoms with Crippen molar-refractivity contribution in [3.05, 3.63) is 53.1 Å². The third kappa shape index (κ3) is 3.91. The highest BCUT2D eigenvalue weighted by atomic mass is 32.2. The van der Waals surface area contributed by atoms with E-state index < -0.39 is 21.3 Å². The average molecular weight is 443 g/mol. The van der Waals surface area contributed by atoms with Crippen LogP contribution < -0.4 is 14.8 Å². The standard InChI is InChI=1S/C24H30N2O4S/c1-23(2,3)16-10-11-20(30-4)18(15-16)24(12-13-24)22(27)26-31(28,29)21-9-5-8-19-17(21)7-6-14-25-19/h5,8-11,15,25H,6-7,12-14H2,1-4H3,(H,26,27). The van der Waals surface area contributed by atoms with Crippen LogP contribution in [0.2, 0.25) is 0 Å². The summed E-state index contributed by atoms with van der Waals surface area (Å²) in [4.78, 5) is 13.5. The van der Waals surface area contributed by atoms with Crippen molar-refractivity contribution in [2.45, 2.75) is 62.2 Å². The third-order valence-electron chi connectivity index (χ3n) is 6.33. The zero-order valence-corrected chi connectivity index (χ0v) is 19.4. The molecular weight excluding hydrogens is 412 g/mol. The van der Waals surface area contributed by atoms with Crippen molar-refractivity contribution in [1.82, 2.24) is 4.72 Å². The van der Waals surface area contributed by atoms with Crippen molar-refractivity contribution < 1.29 is 17.9 Å². The molecule has 2 aromatic rings. The third-order valence-corrected chi connectivity index (χ3v) is 7.75. The van der Waals surface area contributed by atoms with Gasteiger partial charge in [-0.1, -0.05) is 39.0 Å². The molecule has 2 aromatic carbocycles. The molecule has 7 heteroatoms. The van der Waals surface area contributed by atoms with E-state index in [0.29, 0.717) is 25.0 Å². The van der Waals surface area contributed by atoms with Gasteiger partial charge in [-0.3, -0.25) is 4.79 Å². The maximum atomic E-state index is 13.4. The molecular formula is C24H30N2O4S. The fourth-order valence-electron chi connectivity index (χ4n) is 4.30. The SMILES string of the molecule is COc1ccc(C(C)(C)C)cc1C1(C(=O)NS(=O)(=O)c2cccc3c2CCCN3)CC1. The highest BCUT2D eigenvalue weighted by molar-refractivity contribution is 7.90. The van der Waals surface area contributed by atoms with E-state index in [-0.39, 0.29) is 10.3 Å². The largest absolute Gasteiger partial charge is 0.496 e. The molecule has 1 heterocycles. The van der Waals surface area contributed by atoms with Crippen molar-refractivity contribution in [2.75, 3.05) is 19.0 Å². The average Bonchev–Trinajstić information content (AvgIpc) is 3.54. The zero-order valence-electron chi connectivity index (χ0n) is 18.5. The fourth-order valence-corrected chi connectivity index (χ4v) is 5.64. The predicted octanol–water partition coefficient (Wildman–Crippen LogP) is 3.89. The van der Waals surface area contributed by atoms with Crippen molar-refractivity contribution >= 4 is 21.6 Å². The van der Waals surface area contributed by atoms with E-state index in [1.807, 2.05) is 24.3 Å². The summed E-state index contributed by atoms with van der Waals surface area (Å²) in [5, 5.41) is 3.24. The fraction of sp³-hybridized carbons (Fsp3) is 0.458. The van der Waals surface area contributed by atoms with Gasteiger partial charge in [-0.25, -0.2) is 13.1 Å². The molecule has 0 bridgehead atoms. The van der Waals surface area contributed by atoms with Gasteiger partial charge in [-0.2, -0.15) is 0 Å². The Morgan fingerprint density at radius 3 is 2.55 bits per heavy atom. The van der Waals surface area contributed by atoms with Crippen molar-refractivity contribution in [2.24, 2.45) is 0 Å². The normalized spacial score (nSPS) is 17.3. The van der Waals surface area contributed by atoms with Crippen LogP contribution >= 0.6 is 0 Å². The van der Waals surface area contributed by atoms with Gasteiger partial charge in [0.15, 0.2) is 0 Å².